The Kier molecular flexibility index (Phi) is 5.43. The van der Waals surface area contributed by atoms with Crippen LogP contribution < -0.4 is 0 Å². The summed E-state index contributed by atoms with van der Waals surface area (Å²) in [5.74, 6) is 0.155. The number of amides is 1. The number of benzene rings is 2. The molecule has 1 amide bonds. The van der Waals surface area contributed by atoms with Gasteiger partial charge in [-0.25, -0.2) is 4.68 Å². The molecule has 138 valence electrons. The number of hydrogen-bond acceptors (Lipinski definition) is 5. The number of para-hydroxylation sites is 1. The van der Waals surface area contributed by atoms with Gasteiger partial charge in [0.25, 0.3) is 0 Å². The summed E-state index contributed by atoms with van der Waals surface area (Å²) in [6.45, 7) is 3.41. The third-order valence-electron chi connectivity index (χ3n) is 4.60. The SMILES string of the molecule is CC(Sc1nn(-c2ccccc2)c(=S)s1)C(=O)N1CCc2ccccc2C1. The molecule has 3 aromatic rings. The van der Waals surface area contributed by atoms with Gasteiger partial charge in [0.1, 0.15) is 0 Å². The highest BCUT2D eigenvalue weighted by atomic mass is 32.2. The molecule has 1 unspecified atom stereocenters. The zero-order valence-electron chi connectivity index (χ0n) is 14.9. The maximum absolute atomic E-state index is 12.9. The fourth-order valence-electron chi connectivity index (χ4n) is 3.18. The molecule has 27 heavy (non-hydrogen) atoms. The van der Waals surface area contributed by atoms with Gasteiger partial charge in [0.15, 0.2) is 8.29 Å². The lowest BCUT2D eigenvalue weighted by atomic mass is 10.00. The molecule has 0 radical (unpaired) electrons. The molecule has 2 aromatic carbocycles. The second-order valence-corrected chi connectivity index (χ2v) is 9.63. The summed E-state index contributed by atoms with van der Waals surface area (Å²) < 4.78 is 3.27. The van der Waals surface area contributed by atoms with Crippen molar-refractivity contribution < 1.29 is 4.79 Å². The van der Waals surface area contributed by atoms with Crippen LogP contribution in [0.25, 0.3) is 5.69 Å². The average molecular weight is 414 g/mol. The minimum absolute atomic E-state index is 0.155. The lowest BCUT2D eigenvalue weighted by molar-refractivity contribution is -0.131. The maximum Gasteiger partial charge on any atom is 0.236 e. The standard InChI is InChI=1S/C20H19N3OS3/c1-14(18(24)22-12-11-15-7-5-6-8-16(15)13-22)26-19-21-23(20(25)27-19)17-9-3-2-4-10-17/h2-10,14H,11-13H2,1H3. The van der Waals surface area contributed by atoms with E-state index in [1.54, 1.807) is 4.68 Å². The van der Waals surface area contributed by atoms with E-state index in [-0.39, 0.29) is 11.2 Å². The number of fused-ring (bicyclic) bond motifs is 1. The first-order valence-corrected chi connectivity index (χ1v) is 10.9. The van der Waals surface area contributed by atoms with Gasteiger partial charge in [-0.15, -0.1) is 5.10 Å². The number of hydrogen-bond donors (Lipinski definition) is 0. The largest absolute Gasteiger partial charge is 0.337 e. The van der Waals surface area contributed by atoms with Gasteiger partial charge < -0.3 is 4.90 Å². The van der Waals surface area contributed by atoms with Gasteiger partial charge in [0.2, 0.25) is 5.91 Å². The molecular formula is C20H19N3OS3. The molecule has 2 heterocycles. The number of thioether (sulfide) groups is 1. The third kappa shape index (κ3) is 4.00. The van der Waals surface area contributed by atoms with Crippen LogP contribution in [0.4, 0.5) is 0 Å². The smallest absolute Gasteiger partial charge is 0.236 e. The van der Waals surface area contributed by atoms with Gasteiger partial charge in [-0.3, -0.25) is 4.79 Å². The van der Waals surface area contributed by atoms with E-state index in [9.17, 15) is 4.79 Å². The van der Waals surface area contributed by atoms with E-state index < -0.39 is 0 Å². The molecule has 7 heteroatoms. The second kappa shape index (κ2) is 7.96. The van der Waals surface area contributed by atoms with Crippen molar-refractivity contribution in [2.45, 2.75) is 29.5 Å². The summed E-state index contributed by atoms with van der Waals surface area (Å²) in [6.07, 6.45) is 0.918. The molecule has 0 aliphatic carbocycles. The molecule has 0 fully saturated rings. The number of carbonyl (C=O) groups is 1. The van der Waals surface area contributed by atoms with Gasteiger partial charge in [-0.1, -0.05) is 65.6 Å². The molecule has 4 nitrogen and oxygen atoms in total. The number of carbonyl (C=O) groups excluding carboxylic acids is 1. The van der Waals surface area contributed by atoms with Crippen LogP contribution in [-0.2, 0) is 17.8 Å². The fourth-order valence-corrected chi connectivity index (χ4v) is 5.77. The first-order chi connectivity index (χ1) is 13.1. The highest BCUT2D eigenvalue weighted by Crippen LogP contribution is 2.29. The summed E-state index contributed by atoms with van der Waals surface area (Å²) in [5, 5.41) is 4.41. The van der Waals surface area contributed by atoms with Gasteiger partial charge in [0, 0.05) is 13.1 Å². The van der Waals surface area contributed by atoms with Crippen LogP contribution in [-0.4, -0.2) is 32.4 Å². The van der Waals surface area contributed by atoms with E-state index in [2.05, 4.69) is 23.3 Å². The van der Waals surface area contributed by atoms with E-state index in [1.807, 2.05) is 48.2 Å². The highest BCUT2D eigenvalue weighted by molar-refractivity contribution is 8.02. The van der Waals surface area contributed by atoms with Crippen LogP contribution in [0.5, 0.6) is 0 Å². The Balaban J connectivity index is 1.46. The van der Waals surface area contributed by atoms with Crippen LogP contribution >= 0.6 is 35.3 Å². The first-order valence-electron chi connectivity index (χ1n) is 8.79. The minimum Gasteiger partial charge on any atom is -0.337 e. The molecule has 1 atom stereocenters. The van der Waals surface area contributed by atoms with Crippen molar-refractivity contribution in [2.75, 3.05) is 6.54 Å². The highest BCUT2D eigenvalue weighted by Gasteiger charge is 2.26. The quantitative estimate of drug-likeness (QED) is 0.458. The van der Waals surface area contributed by atoms with Crippen molar-refractivity contribution in [3.63, 3.8) is 0 Å². The summed E-state index contributed by atoms with van der Waals surface area (Å²) in [7, 11) is 0. The Hall–Kier alpha value is -1.96. The van der Waals surface area contributed by atoms with Crippen molar-refractivity contribution in [1.82, 2.24) is 14.7 Å². The van der Waals surface area contributed by atoms with Crippen molar-refractivity contribution >= 4 is 41.2 Å². The summed E-state index contributed by atoms with van der Waals surface area (Å²) in [4.78, 5) is 14.9. The molecule has 1 aliphatic rings. The third-order valence-corrected chi connectivity index (χ3v) is 7.00. The zero-order valence-corrected chi connectivity index (χ0v) is 17.3. The molecule has 1 aromatic heterocycles. The Morgan fingerprint density at radius 1 is 1.15 bits per heavy atom. The Bertz CT molecular complexity index is 1010. The number of nitrogens with zero attached hydrogens (tertiary/aromatic N) is 3. The van der Waals surface area contributed by atoms with Gasteiger partial charge in [-0.05, 0) is 48.8 Å². The Labute approximate surface area is 171 Å². The van der Waals surface area contributed by atoms with Crippen molar-refractivity contribution in [2.24, 2.45) is 0 Å². The molecule has 0 N–H and O–H groups in total. The predicted molar refractivity (Wildman–Crippen MR) is 113 cm³/mol. The summed E-state index contributed by atoms with van der Waals surface area (Å²) in [5.41, 5.74) is 3.54. The molecule has 4 rings (SSSR count). The lowest BCUT2D eigenvalue weighted by Gasteiger charge is -2.30. The van der Waals surface area contributed by atoms with Gasteiger partial charge in [-0.2, -0.15) is 0 Å². The van der Waals surface area contributed by atoms with Crippen LogP contribution in [0, 0.1) is 3.95 Å². The zero-order chi connectivity index (χ0) is 18.8. The van der Waals surface area contributed by atoms with Crippen LogP contribution in [0.15, 0.2) is 58.9 Å². The van der Waals surface area contributed by atoms with Crippen molar-refractivity contribution in [1.29, 1.82) is 0 Å². The normalized spacial score (nSPS) is 14.6. The van der Waals surface area contributed by atoms with Gasteiger partial charge in [0.05, 0.1) is 10.9 Å². The minimum atomic E-state index is -0.194. The molecular weight excluding hydrogens is 394 g/mol. The summed E-state index contributed by atoms with van der Waals surface area (Å²) >= 11 is 8.39. The maximum atomic E-state index is 12.9. The summed E-state index contributed by atoms with van der Waals surface area (Å²) in [6, 6.07) is 18.2. The average Bonchev–Trinajstić information content (AvgIpc) is 3.07. The predicted octanol–water partition coefficient (Wildman–Crippen LogP) is 4.73. The Morgan fingerprint density at radius 3 is 2.63 bits per heavy atom. The van der Waals surface area contributed by atoms with E-state index in [0.717, 1.165) is 23.0 Å². The van der Waals surface area contributed by atoms with Crippen molar-refractivity contribution in [3.8, 4) is 5.69 Å². The number of rotatable bonds is 4. The second-order valence-electron chi connectivity index (χ2n) is 6.42. The van der Waals surface area contributed by atoms with Crippen LogP contribution in [0.3, 0.4) is 0 Å². The molecule has 0 bridgehead atoms. The van der Waals surface area contributed by atoms with Crippen molar-refractivity contribution in [3.05, 3.63) is 69.7 Å². The van der Waals surface area contributed by atoms with Gasteiger partial charge >= 0.3 is 0 Å². The van der Waals surface area contributed by atoms with Crippen LogP contribution in [0.1, 0.15) is 18.1 Å². The topological polar surface area (TPSA) is 38.1 Å². The lowest BCUT2D eigenvalue weighted by Crippen LogP contribution is -2.40. The monoisotopic (exact) mass is 413 g/mol. The van der Waals surface area contributed by atoms with E-state index in [0.29, 0.717) is 10.5 Å². The van der Waals surface area contributed by atoms with E-state index >= 15 is 0 Å². The molecule has 0 saturated heterocycles. The van der Waals surface area contributed by atoms with E-state index in [1.165, 1.54) is 34.2 Å². The number of aromatic nitrogens is 2. The molecule has 1 aliphatic heterocycles. The molecule has 0 saturated carbocycles. The fraction of sp³-hybridized carbons (Fsp3) is 0.250. The van der Waals surface area contributed by atoms with E-state index in [4.69, 9.17) is 12.2 Å². The molecule has 0 spiro atoms. The first kappa shape index (κ1) is 18.4. The van der Waals surface area contributed by atoms with Crippen LogP contribution in [0.2, 0.25) is 0 Å². The Morgan fingerprint density at radius 2 is 1.85 bits per heavy atom.